The van der Waals surface area contributed by atoms with Gasteiger partial charge in [-0.05, 0) is 30.7 Å². The van der Waals surface area contributed by atoms with Crippen LogP contribution in [0.2, 0.25) is 0 Å². The molecule has 1 aromatic heterocycles. The fourth-order valence-corrected chi connectivity index (χ4v) is 2.38. The van der Waals surface area contributed by atoms with Gasteiger partial charge in [0.2, 0.25) is 5.88 Å². The van der Waals surface area contributed by atoms with E-state index < -0.39 is 0 Å². The summed E-state index contributed by atoms with van der Waals surface area (Å²) in [6, 6.07) is 6.38. The Bertz CT molecular complexity index is 363. The normalized spacial score (nSPS) is 23.1. The van der Waals surface area contributed by atoms with E-state index >= 15 is 0 Å². The van der Waals surface area contributed by atoms with E-state index in [-0.39, 0.29) is 0 Å². The molecule has 1 aliphatic carbocycles. The van der Waals surface area contributed by atoms with Crippen LogP contribution < -0.4 is 10.1 Å². The molecule has 0 bridgehead atoms. The zero-order valence-electron chi connectivity index (χ0n) is 10.3. The van der Waals surface area contributed by atoms with Gasteiger partial charge in [-0.1, -0.05) is 19.9 Å². The van der Waals surface area contributed by atoms with E-state index in [4.69, 9.17) is 4.74 Å². The molecule has 0 radical (unpaired) electrons. The number of nitrogens with one attached hydrogen (secondary N) is 1. The van der Waals surface area contributed by atoms with Crippen LogP contribution in [0.1, 0.15) is 33.1 Å². The van der Waals surface area contributed by atoms with Crippen LogP contribution in [0.25, 0.3) is 0 Å². The fraction of sp³-hybridized carbons (Fsp3) is 0.615. The summed E-state index contributed by atoms with van der Waals surface area (Å²) in [6.45, 7) is 4.65. The highest BCUT2D eigenvalue weighted by atomic mass is 16.5. The summed E-state index contributed by atoms with van der Waals surface area (Å²) in [5, 5.41) is 3.48. The largest absolute Gasteiger partial charge is 0.481 e. The molecule has 16 heavy (non-hydrogen) atoms. The summed E-state index contributed by atoms with van der Waals surface area (Å²) in [5.41, 5.74) is 0.469. The van der Waals surface area contributed by atoms with Gasteiger partial charge < -0.3 is 10.1 Å². The van der Waals surface area contributed by atoms with Crippen molar-refractivity contribution in [2.24, 2.45) is 5.41 Å². The predicted molar refractivity (Wildman–Crippen MR) is 65.8 cm³/mol. The number of aromatic nitrogens is 1. The van der Waals surface area contributed by atoms with Crippen LogP contribution in [0.15, 0.2) is 18.2 Å². The van der Waals surface area contributed by atoms with E-state index in [0.29, 0.717) is 17.3 Å². The first kappa shape index (κ1) is 11.2. The maximum absolute atomic E-state index is 5.11. The molecule has 3 heteroatoms. The second-order valence-corrected chi connectivity index (χ2v) is 5.31. The van der Waals surface area contributed by atoms with Gasteiger partial charge in [0.15, 0.2) is 0 Å². The van der Waals surface area contributed by atoms with Gasteiger partial charge in [0.1, 0.15) is 5.82 Å². The minimum absolute atomic E-state index is 0.469. The summed E-state index contributed by atoms with van der Waals surface area (Å²) in [6.07, 6.45) is 3.73. The molecule has 1 fully saturated rings. The number of hydrogen-bond acceptors (Lipinski definition) is 3. The Balaban J connectivity index is 1.99. The van der Waals surface area contributed by atoms with Crippen LogP contribution in [-0.2, 0) is 0 Å². The van der Waals surface area contributed by atoms with E-state index in [1.807, 2.05) is 18.2 Å². The zero-order chi connectivity index (χ0) is 11.6. The van der Waals surface area contributed by atoms with Crippen LogP contribution >= 0.6 is 0 Å². The number of hydrogen-bond donors (Lipinski definition) is 1. The van der Waals surface area contributed by atoms with Gasteiger partial charge in [-0.15, -0.1) is 0 Å². The van der Waals surface area contributed by atoms with Gasteiger partial charge >= 0.3 is 0 Å². The third kappa shape index (κ3) is 2.65. The molecule has 1 aromatic rings. The van der Waals surface area contributed by atoms with Gasteiger partial charge in [-0.25, -0.2) is 0 Å². The molecule has 1 heterocycles. The van der Waals surface area contributed by atoms with Crippen molar-refractivity contribution in [1.29, 1.82) is 0 Å². The first-order valence-corrected chi connectivity index (χ1v) is 5.87. The summed E-state index contributed by atoms with van der Waals surface area (Å²) in [4.78, 5) is 4.37. The highest BCUT2D eigenvalue weighted by molar-refractivity contribution is 5.38. The smallest absolute Gasteiger partial charge is 0.214 e. The van der Waals surface area contributed by atoms with Gasteiger partial charge in [-0.2, -0.15) is 4.98 Å². The van der Waals surface area contributed by atoms with Crippen molar-refractivity contribution in [2.45, 2.75) is 39.2 Å². The first-order valence-electron chi connectivity index (χ1n) is 5.87. The monoisotopic (exact) mass is 220 g/mol. The SMILES string of the molecule is COc1cccc(NC2CCC(C)(C)C2)n1. The number of nitrogens with zero attached hydrogens (tertiary/aromatic N) is 1. The number of anilines is 1. The van der Waals surface area contributed by atoms with Crippen LogP contribution in [0.4, 0.5) is 5.82 Å². The van der Waals surface area contributed by atoms with Crippen molar-refractivity contribution in [1.82, 2.24) is 4.98 Å². The quantitative estimate of drug-likeness (QED) is 0.850. The maximum atomic E-state index is 5.11. The Kier molecular flexibility index (Phi) is 3.03. The van der Waals surface area contributed by atoms with Gasteiger partial charge in [0.05, 0.1) is 7.11 Å². The van der Waals surface area contributed by atoms with Crippen LogP contribution in [0.5, 0.6) is 5.88 Å². The molecular weight excluding hydrogens is 200 g/mol. The van der Waals surface area contributed by atoms with E-state index in [9.17, 15) is 0 Å². The molecule has 0 aromatic carbocycles. The molecule has 0 saturated heterocycles. The molecule has 1 saturated carbocycles. The van der Waals surface area contributed by atoms with E-state index in [1.165, 1.54) is 19.3 Å². The van der Waals surface area contributed by atoms with Crippen molar-refractivity contribution in [3.05, 3.63) is 18.2 Å². The molecule has 1 N–H and O–H groups in total. The number of pyridine rings is 1. The molecule has 88 valence electrons. The van der Waals surface area contributed by atoms with E-state index in [2.05, 4.69) is 24.1 Å². The summed E-state index contributed by atoms with van der Waals surface area (Å²) in [7, 11) is 1.64. The molecule has 0 aliphatic heterocycles. The summed E-state index contributed by atoms with van der Waals surface area (Å²) < 4.78 is 5.11. The topological polar surface area (TPSA) is 34.1 Å². The molecule has 1 aliphatic rings. The fourth-order valence-electron chi connectivity index (χ4n) is 2.38. The minimum atomic E-state index is 0.469. The lowest BCUT2D eigenvalue weighted by Gasteiger charge is -2.18. The Morgan fingerprint density at radius 1 is 1.44 bits per heavy atom. The molecule has 0 spiro atoms. The first-order chi connectivity index (χ1) is 7.59. The number of methoxy groups -OCH3 is 1. The van der Waals surface area contributed by atoms with E-state index in [1.54, 1.807) is 7.11 Å². The Morgan fingerprint density at radius 2 is 2.25 bits per heavy atom. The van der Waals surface area contributed by atoms with Crippen molar-refractivity contribution < 1.29 is 4.74 Å². The minimum Gasteiger partial charge on any atom is -0.481 e. The lowest BCUT2D eigenvalue weighted by atomic mass is 9.92. The van der Waals surface area contributed by atoms with Crippen LogP contribution in [0, 0.1) is 5.41 Å². The van der Waals surface area contributed by atoms with Crippen LogP contribution in [0.3, 0.4) is 0 Å². The Hall–Kier alpha value is -1.25. The van der Waals surface area contributed by atoms with Crippen molar-refractivity contribution in [3.63, 3.8) is 0 Å². The Morgan fingerprint density at radius 3 is 2.88 bits per heavy atom. The summed E-state index contributed by atoms with van der Waals surface area (Å²) >= 11 is 0. The molecule has 3 nitrogen and oxygen atoms in total. The molecule has 2 rings (SSSR count). The maximum Gasteiger partial charge on any atom is 0.214 e. The molecular formula is C13H20N2O. The second kappa shape index (κ2) is 4.32. The lowest BCUT2D eigenvalue weighted by Crippen LogP contribution is -2.18. The van der Waals surface area contributed by atoms with Gasteiger partial charge in [0.25, 0.3) is 0 Å². The highest BCUT2D eigenvalue weighted by Gasteiger charge is 2.30. The third-order valence-electron chi connectivity index (χ3n) is 3.25. The second-order valence-electron chi connectivity index (χ2n) is 5.31. The molecule has 1 atom stereocenters. The van der Waals surface area contributed by atoms with Gasteiger partial charge in [-0.3, -0.25) is 0 Å². The van der Waals surface area contributed by atoms with Crippen molar-refractivity contribution in [3.8, 4) is 5.88 Å². The summed E-state index contributed by atoms with van der Waals surface area (Å²) in [5.74, 6) is 1.59. The third-order valence-corrected chi connectivity index (χ3v) is 3.25. The number of ether oxygens (including phenoxy) is 1. The predicted octanol–water partition coefficient (Wildman–Crippen LogP) is 3.08. The van der Waals surface area contributed by atoms with Crippen LogP contribution in [-0.4, -0.2) is 18.1 Å². The Labute approximate surface area is 97.2 Å². The average Bonchev–Trinajstić information content (AvgIpc) is 2.58. The molecule has 0 amide bonds. The van der Waals surface area contributed by atoms with E-state index in [0.717, 1.165) is 5.82 Å². The van der Waals surface area contributed by atoms with Crippen molar-refractivity contribution in [2.75, 3.05) is 12.4 Å². The highest BCUT2D eigenvalue weighted by Crippen LogP contribution is 2.38. The average molecular weight is 220 g/mol. The van der Waals surface area contributed by atoms with Gasteiger partial charge in [0, 0.05) is 12.1 Å². The number of rotatable bonds is 3. The lowest BCUT2D eigenvalue weighted by molar-refractivity contribution is 0.378. The standard InChI is InChI=1S/C13H20N2O/c1-13(2)8-7-10(9-13)14-11-5-4-6-12(15-11)16-3/h4-6,10H,7-9H2,1-3H3,(H,14,15). The van der Waals surface area contributed by atoms with Crippen molar-refractivity contribution >= 4 is 5.82 Å². The zero-order valence-corrected chi connectivity index (χ0v) is 10.3. The molecule has 1 unspecified atom stereocenters.